The van der Waals surface area contributed by atoms with E-state index in [0.717, 1.165) is 12.8 Å². The van der Waals surface area contributed by atoms with Gasteiger partial charge in [0.1, 0.15) is 29.0 Å². The summed E-state index contributed by atoms with van der Waals surface area (Å²) in [5, 5.41) is 3.15. The second-order valence-corrected chi connectivity index (χ2v) is 19.5. The molecule has 5 atom stereocenters. The van der Waals surface area contributed by atoms with Gasteiger partial charge in [-0.05, 0) is 98.1 Å². The third-order valence-electron chi connectivity index (χ3n) is 11.2. The highest BCUT2D eigenvalue weighted by Gasteiger charge is 2.62. The monoisotopic (exact) mass is 814 g/mol. The van der Waals surface area contributed by atoms with E-state index < -0.39 is 73.5 Å². The third kappa shape index (κ3) is 9.31. The first-order valence-electron chi connectivity index (χ1n) is 19.8. The van der Waals surface area contributed by atoms with Crippen LogP contribution in [-0.2, 0) is 29.1 Å². The molecule has 16 heteroatoms. The van der Waals surface area contributed by atoms with Crippen molar-refractivity contribution >= 4 is 44.6 Å². The second kappa shape index (κ2) is 16.1. The van der Waals surface area contributed by atoms with E-state index in [1.807, 2.05) is 26.0 Å². The van der Waals surface area contributed by atoms with Crippen LogP contribution in [0.15, 0.2) is 30.4 Å². The number of sulfonamides is 1. The number of amides is 3. The van der Waals surface area contributed by atoms with Crippen LogP contribution >= 0.6 is 0 Å². The van der Waals surface area contributed by atoms with Crippen LogP contribution in [0.25, 0.3) is 10.9 Å². The lowest BCUT2D eigenvalue weighted by molar-refractivity contribution is -0.140. The van der Waals surface area contributed by atoms with E-state index in [-0.39, 0.29) is 67.1 Å². The molecule has 312 valence electrons. The van der Waals surface area contributed by atoms with Crippen LogP contribution in [-0.4, -0.2) is 90.3 Å². The van der Waals surface area contributed by atoms with E-state index in [4.69, 9.17) is 18.9 Å². The molecule has 3 heterocycles. The summed E-state index contributed by atoms with van der Waals surface area (Å²) in [5.41, 5.74) is -2.00. The van der Waals surface area contributed by atoms with Gasteiger partial charge in [-0.25, -0.2) is 22.6 Å². The van der Waals surface area contributed by atoms with Crippen molar-refractivity contribution in [3.8, 4) is 17.4 Å². The van der Waals surface area contributed by atoms with Crippen LogP contribution in [0.5, 0.6) is 17.4 Å². The molecule has 6 rings (SSSR count). The van der Waals surface area contributed by atoms with E-state index in [0.29, 0.717) is 31.1 Å². The molecule has 2 aromatic rings. The molecule has 4 aliphatic rings. The van der Waals surface area contributed by atoms with Gasteiger partial charge >= 0.3 is 6.09 Å². The lowest BCUT2D eigenvalue weighted by atomic mass is 9.91. The summed E-state index contributed by atoms with van der Waals surface area (Å²) in [4.78, 5) is 62.1. The normalized spacial score (nSPS) is 27.0. The zero-order chi connectivity index (χ0) is 41.5. The molecule has 2 saturated carbocycles. The van der Waals surface area contributed by atoms with Gasteiger partial charge in [0.25, 0.3) is 0 Å². The van der Waals surface area contributed by atoms with Gasteiger partial charge in [-0.15, -0.1) is 0 Å². The zero-order valence-corrected chi connectivity index (χ0v) is 34.6. The SMILES string of the molecule is COc1c(F)ccc2c(O[C@@H]3C[C@H]4C(=O)C[C@]5(C(=O)NS(=O)(=O)C6(C)CC6)C[C@H]5/C=C\CCCCC[C@H](NC(=O)OC(C)(C)C)C(=O)N4C3)cc(OC(C)C)nc12. The predicted octanol–water partition coefficient (Wildman–Crippen LogP) is 5.90. The summed E-state index contributed by atoms with van der Waals surface area (Å²) < 4.78 is 65.9. The van der Waals surface area contributed by atoms with Crippen molar-refractivity contribution in [1.29, 1.82) is 0 Å². The van der Waals surface area contributed by atoms with Gasteiger partial charge in [-0.2, -0.15) is 0 Å². The summed E-state index contributed by atoms with van der Waals surface area (Å²) in [6, 6.07) is 2.17. The maximum atomic E-state index is 14.9. The lowest BCUT2D eigenvalue weighted by Crippen LogP contribution is -2.53. The Kier molecular flexibility index (Phi) is 11.9. The number of nitrogens with zero attached hydrogens (tertiary/aromatic N) is 2. The van der Waals surface area contributed by atoms with Crippen LogP contribution in [0.3, 0.4) is 0 Å². The number of benzene rings is 1. The Morgan fingerprint density at radius 2 is 1.84 bits per heavy atom. The Morgan fingerprint density at radius 3 is 2.51 bits per heavy atom. The van der Waals surface area contributed by atoms with Gasteiger partial charge in [0, 0.05) is 24.3 Å². The number of ether oxygens (including phenoxy) is 4. The summed E-state index contributed by atoms with van der Waals surface area (Å²) in [7, 11) is -2.66. The molecule has 2 aliphatic heterocycles. The summed E-state index contributed by atoms with van der Waals surface area (Å²) >= 11 is 0. The maximum absolute atomic E-state index is 14.9. The fourth-order valence-corrected chi connectivity index (χ4v) is 9.03. The van der Waals surface area contributed by atoms with Crippen molar-refractivity contribution in [2.75, 3.05) is 13.7 Å². The van der Waals surface area contributed by atoms with Gasteiger partial charge in [-0.1, -0.05) is 25.0 Å². The van der Waals surface area contributed by atoms with Gasteiger partial charge < -0.3 is 29.2 Å². The summed E-state index contributed by atoms with van der Waals surface area (Å²) in [5.74, 6) is -2.39. The highest BCUT2D eigenvalue weighted by molar-refractivity contribution is 7.91. The van der Waals surface area contributed by atoms with E-state index in [9.17, 15) is 32.0 Å². The van der Waals surface area contributed by atoms with Gasteiger partial charge in [-0.3, -0.25) is 19.1 Å². The fraction of sp³-hybridized carbons (Fsp3) is 0.634. The fourth-order valence-electron chi connectivity index (χ4n) is 7.70. The molecule has 0 radical (unpaired) electrons. The lowest BCUT2D eigenvalue weighted by Gasteiger charge is -2.30. The number of ketones is 1. The molecule has 1 saturated heterocycles. The van der Waals surface area contributed by atoms with E-state index in [2.05, 4.69) is 15.0 Å². The Labute approximate surface area is 333 Å². The molecule has 0 bridgehead atoms. The molecule has 0 unspecified atom stereocenters. The molecule has 14 nitrogen and oxygen atoms in total. The van der Waals surface area contributed by atoms with Crippen molar-refractivity contribution in [2.45, 2.75) is 140 Å². The zero-order valence-electron chi connectivity index (χ0n) is 33.8. The standard InChI is InChI=1S/C41H55FN4O10S/c1-24(2)54-33-20-32(27-15-16-28(42)35(53-7)34(27)44-33)55-26-19-30-31(47)22-41(37(49)45-57(51,52)40(6)17-18-40)21-25(41)13-11-9-8-10-12-14-29(36(48)46(30)23-26)43-38(50)56-39(3,4)5/h11,13,15-16,20,24-26,29-30H,8-10,12,14,17-19,21-23H2,1-7H3,(H,43,50)(H,45,49)/b13-11-/t25-,26-,29+,30+,41-/m1/s1. The van der Waals surface area contributed by atoms with Gasteiger partial charge in [0.05, 0.1) is 36.0 Å². The van der Waals surface area contributed by atoms with E-state index in [1.54, 1.807) is 33.8 Å². The number of Topliss-reactive ketones (excluding diaryl/α,β-unsaturated/α-hetero) is 1. The Morgan fingerprint density at radius 1 is 1.11 bits per heavy atom. The minimum Gasteiger partial charge on any atom is -0.491 e. The molecule has 2 aliphatic carbocycles. The number of carbonyl (C=O) groups is 4. The number of nitrogens with one attached hydrogen (secondary N) is 2. The topological polar surface area (TPSA) is 180 Å². The first kappa shape index (κ1) is 42.1. The molecular weight excluding hydrogens is 760 g/mol. The molecular formula is C41H55FN4O10S. The van der Waals surface area contributed by atoms with Crippen LogP contribution in [0, 0.1) is 17.2 Å². The number of rotatable bonds is 9. The minimum absolute atomic E-state index is 0.0147. The summed E-state index contributed by atoms with van der Waals surface area (Å²) in [6.07, 6.45) is 5.95. The van der Waals surface area contributed by atoms with Crippen LogP contribution in [0.1, 0.15) is 106 Å². The predicted molar refractivity (Wildman–Crippen MR) is 209 cm³/mol. The Hall–Kier alpha value is -4.47. The number of hydrogen-bond acceptors (Lipinski definition) is 11. The van der Waals surface area contributed by atoms with E-state index >= 15 is 0 Å². The van der Waals surface area contributed by atoms with Crippen LogP contribution in [0.4, 0.5) is 9.18 Å². The van der Waals surface area contributed by atoms with Crippen molar-refractivity contribution in [1.82, 2.24) is 19.9 Å². The third-order valence-corrected chi connectivity index (χ3v) is 13.4. The first-order chi connectivity index (χ1) is 26.8. The Bertz CT molecular complexity index is 2050. The molecule has 57 heavy (non-hydrogen) atoms. The highest BCUT2D eigenvalue weighted by Crippen LogP contribution is 2.57. The van der Waals surface area contributed by atoms with E-state index in [1.165, 1.54) is 24.1 Å². The number of hydrogen-bond donors (Lipinski definition) is 2. The molecule has 1 aromatic carbocycles. The highest BCUT2D eigenvalue weighted by atomic mass is 32.2. The molecule has 3 amide bonds. The molecule has 2 N–H and O–H groups in total. The first-order valence-corrected chi connectivity index (χ1v) is 21.3. The number of fused-ring (bicyclic) bond motifs is 3. The number of pyridine rings is 1. The van der Waals surface area contributed by atoms with Gasteiger partial charge in [0.2, 0.25) is 27.7 Å². The van der Waals surface area contributed by atoms with Crippen LogP contribution in [0.2, 0.25) is 0 Å². The number of carbonyl (C=O) groups excluding carboxylic acids is 4. The molecule has 3 fully saturated rings. The average Bonchev–Trinajstić information content (AvgIpc) is 3.99. The number of halogens is 1. The van der Waals surface area contributed by atoms with Crippen molar-refractivity contribution in [2.24, 2.45) is 11.3 Å². The second-order valence-electron chi connectivity index (χ2n) is 17.3. The molecule has 0 spiro atoms. The summed E-state index contributed by atoms with van der Waals surface area (Å²) in [6.45, 7) is 10.3. The largest absolute Gasteiger partial charge is 0.491 e. The van der Waals surface area contributed by atoms with Crippen molar-refractivity contribution in [3.05, 3.63) is 36.2 Å². The maximum Gasteiger partial charge on any atom is 0.408 e. The Balaban J connectivity index is 1.36. The minimum atomic E-state index is -3.99. The quantitative estimate of drug-likeness (QED) is 0.288. The van der Waals surface area contributed by atoms with Crippen molar-refractivity contribution in [3.63, 3.8) is 0 Å². The van der Waals surface area contributed by atoms with Crippen LogP contribution < -0.4 is 24.2 Å². The average molecular weight is 815 g/mol. The molecule has 1 aromatic heterocycles. The number of alkyl carbamates (subject to hydrolysis) is 1. The van der Waals surface area contributed by atoms with Crippen molar-refractivity contribution < 1.29 is 50.9 Å². The number of allylic oxidation sites excluding steroid dienone is 2. The van der Waals surface area contributed by atoms with Gasteiger partial charge in [0.15, 0.2) is 17.3 Å². The smallest absolute Gasteiger partial charge is 0.408 e. The number of aromatic nitrogens is 1. The number of methoxy groups -OCH3 is 1.